The molecule has 4 rings (SSSR count). The summed E-state index contributed by atoms with van der Waals surface area (Å²) in [5.41, 5.74) is 2.70. The number of carbonyl (C=O) groups is 2. The van der Waals surface area contributed by atoms with Gasteiger partial charge in [0.15, 0.2) is 0 Å². The molecular formula is C23H24N4O4S. The van der Waals surface area contributed by atoms with E-state index in [1.807, 2.05) is 18.5 Å². The summed E-state index contributed by atoms with van der Waals surface area (Å²) in [6, 6.07) is 15.1. The molecule has 166 valence electrons. The fourth-order valence-corrected chi connectivity index (χ4v) is 3.95. The van der Waals surface area contributed by atoms with Gasteiger partial charge in [0.2, 0.25) is 5.95 Å². The van der Waals surface area contributed by atoms with Crippen molar-refractivity contribution in [3.63, 3.8) is 0 Å². The highest BCUT2D eigenvalue weighted by Gasteiger charge is 2.18. The zero-order chi connectivity index (χ0) is 22.8. The van der Waals surface area contributed by atoms with Gasteiger partial charge in [0.1, 0.15) is 0 Å². The number of anilines is 1. The fraction of sp³-hybridized carbons (Fsp3) is 0.217. The average molecular weight is 453 g/mol. The molecule has 0 aliphatic carbocycles. The van der Waals surface area contributed by atoms with Crippen LogP contribution in [-0.2, 0) is 16.1 Å². The van der Waals surface area contributed by atoms with E-state index in [4.69, 9.17) is 10.2 Å². The van der Waals surface area contributed by atoms with Crippen LogP contribution in [0.4, 0.5) is 5.95 Å². The summed E-state index contributed by atoms with van der Waals surface area (Å²) in [7, 11) is 0. The molecule has 8 nitrogen and oxygen atoms in total. The van der Waals surface area contributed by atoms with Crippen LogP contribution in [0.1, 0.15) is 5.56 Å². The molecule has 0 amide bonds. The first kappa shape index (κ1) is 23.1. The number of piperazine rings is 1. The van der Waals surface area contributed by atoms with Gasteiger partial charge in [-0.2, -0.15) is 0 Å². The van der Waals surface area contributed by atoms with E-state index in [-0.39, 0.29) is 0 Å². The number of benzene rings is 1. The van der Waals surface area contributed by atoms with Crippen LogP contribution in [0.3, 0.4) is 0 Å². The second-order valence-electron chi connectivity index (χ2n) is 7.00. The molecular weight excluding hydrogens is 428 g/mol. The molecule has 0 unspecified atom stereocenters. The van der Waals surface area contributed by atoms with Gasteiger partial charge in [-0.1, -0.05) is 24.3 Å². The van der Waals surface area contributed by atoms with Crippen LogP contribution in [0.25, 0.3) is 10.4 Å². The highest BCUT2D eigenvalue weighted by Crippen LogP contribution is 2.25. The van der Waals surface area contributed by atoms with Gasteiger partial charge in [0.25, 0.3) is 0 Å². The van der Waals surface area contributed by atoms with Crippen molar-refractivity contribution in [1.29, 1.82) is 0 Å². The van der Waals surface area contributed by atoms with Crippen LogP contribution < -0.4 is 4.90 Å². The van der Waals surface area contributed by atoms with E-state index in [0.717, 1.165) is 38.7 Å². The van der Waals surface area contributed by atoms with Crippen molar-refractivity contribution in [2.45, 2.75) is 6.54 Å². The van der Waals surface area contributed by atoms with Gasteiger partial charge in [-0.3, -0.25) is 4.90 Å². The molecule has 1 aliphatic heterocycles. The second kappa shape index (κ2) is 11.7. The monoisotopic (exact) mass is 452 g/mol. The number of carboxylic acids is 2. The van der Waals surface area contributed by atoms with E-state index in [2.05, 4.69) is 61.5 Å². The zero-order valence-electron chi connectivity index (χ0n) is 17.4. The van der Waals surface area contributed by atoms with Gasteiger partial charge in [-0.25, -0.2) is 19.6 Å². The molecule has 3 heterocycles. The molecule has 1 aromatic carbocycles. The molecule has 9 heteroatoms. The van der Waals surface area contributed by atoms with Gasteiger partial charge < -0.3 is 15.1 Å². The largest absolute Gasteiger partial charge is 0.478 e. The fourth-order valence-electron chi connectivity index (χ4n) is 3.23. The van der Waals surface area contributed by atoms with Gasteiger partial charge in [0.05, 0.1) is 0 Å². The van der Waals surface area contributed by atoms with Gasteiger partial charge in [-0.05, 0) is 34.7 Å². The standard InChI is InChI=1S/C19H20N4S.C4H4O4/c1-4-16(14-17(5-1)18-6-2-13-24-18)15-22-9-11-23(12-10-22)19-20-7-3-8-21-19;5-3(6)1-2-4(7)8/h1-8,13-14H,9-12,15H2;1-2H,(H,5,6)(H,7,8). The predicted molar refractivity (Wildman–Crippen MR) is 124 cm³/mol. The van der Waals surface area contributed by atoms with Gasteiger partial charge in [-0.15, -0.1) is 11.3 Å². The average Bonchev–Trinajstić information content (AvgIpc) is 3.35. The zero-order valence-corrected chi connectivity index (χ0v) is 18.2. The van der Waals surface area contributed by atoms with E-state index in [1.54, 1.807) is 11.3 Å². The molecule has 32 heavy (non-hydrogen) atoms. The maximum absolute atomic E-state index is 9.55. The summed E-state index contributed by atoms with van der Waals surface area (Å²) >= 11 is 1.79. The van der Waals surface area contributed by atoms with Crippen molar-refractivity contribution in [2.75, 3.05) is 31.1 Å². The van der Waals surface area contributed by atoms with Gasteiger partial charge in [0, 0.05) is 62.1 Å². The Balaban J connectivity index is 0.000000312. The smallest absolute Gasteiger partial charge is 0.328 e. The minimum absolute atomic E-state index is 0.558. The maximum atomic E-state index is 9.55. The van der Waals surface area contributed by atoms with Crippen molar-refractivity contribution < 1.29 is 19.8 Å². The van der Waals surface area contributed by atoms with Crippen molar-refractivity contribution in [3.8, 4) is 10.4 Å². The molecule has 1 aliphatic rings. The number of rotatable bonds is 6. The van der Waals surface area contributed by atoms with Crippen molar-refractivity contribution in [2.24, 2.45) is 0 Å². The molecule has 1 saturated heterocycles. The predicted octanol–water partition coefficient (Wildman–Crippen LogP) is 3.24. The summed E-state index contributed by atoms with van der Waals surface area (Å²) in [5, 5.41) is 17.8. The molecule has 3 aromatic rings. The number of hydrogen-bond acceptors (Lipinski definition) is 7. The summed E-state index contributed by atoms with van der Waals surface area (Å²) in [6.45, 7) is 5.05. The van der Waals surface area contributed by atoms with Crippen LogP contribution in [0.15, 0.2) is 72.4 Å². The Bertz CT molecular complexity index is 1020. The maximum Gasteiger partial charge on any atom is 0.328 e. The summed E-state index contributed by atoms with van der Waals surface area (Å²) in [4.78, 5) is 33.9. The van der Waals surface area contributed by atoms with Crippen LogP contribution >= 0.6 is 11.3 Å². The molecule has 0 spiro atoms. The highest BCUT2D eigenvalue weighted by atomic mass is 32.1. The Hall–Kier alpha value is -3.56. The summed E-state index contributed by atoms with van der Waals surface area (Å²) in [5.74, 6) is -1.67. The lowest BCUT2D eigenvalue weighted by Gasteiger charge is -2.34. The molecule has 1 fully saturated rings. The minimum atomic E-state index is -1.26. The lowest BCUT2D eigenvalue weighted by Crippen LogP contribution is -2.46. The van der Waals surface area contributed by atoms with Crippen molar-refractivity contribution in [1.82, 2.24) is 14.9 Å². The molecule has 0 radical (unpaired) electrons. The minimum Gasteiger partial charge on any atom is -0.478 e. The number of aliphatic carboxylic acids is 2. The van der Waals surface area contributed by atoms with Crippen LogP contribution in [0, 0.1) is 0 Å². The molecule has 2 aromatic heterocycles. The molecule has 2 N–H and O–H groups in total. The third kappa shape index (κ3) is 7.29. The Morgan fingerprint density at radius 2 is 1.62 bits per heavy atom. The summed E-state index contributed by atoms with van der Waals surface area (Å²) < 4.78 is 0. The first-order chi connectivity index (χ1) is 15.5. The van der Waals surface area contributed by atoms with Crippen LogP contribution in [0.2, 0.25) is 0 Å². The lowest BCUT2D eigenvalue weighted by molar-refractivity contribution is -0.134. The summed E-state index contributed by atoms with van der Waals surface area (Å²) in [6.07, 6.45) is 4.74. The van der Waals surface area contributed by atoms with Crippen molar-refractivity contribution in [3.05, 3.63) is 78.0 Å². The van der Waals surface area contributed by atoms with E-state index in [9.17, 15) is 9.59 Å². The Labute approximate surface area is 190 Å². The number of aromatic nitrogens is 2. The third-order valence-corrected chi connectivity index (χ3v) is 5.63. The van der Waals surface area contributed by atoms with E-state index in [1.165, 1.54) is 16.0 Å². The SMILES string of the molecule is O=C(O)C=CC(=O)O.c1cnc(N2CCN(Cc3cccc(-c4cccs4)c3)CC2)nc1. The van der Waals surface area contributed by atoms with E-state index >= 15 is 0 Å². The quantitative estimate of drug-likeness (QED) is 0.549. The van der Waals surface area contributed by atoms with Crippen LogP contribution in [0.5, 0.6) is 0 Å². The Morgan fingerprint density at radius 3 is 2.22 bits per heavy atom. The Morgan fingerprint density at radius 1 is 0.938 bits per heavy atom. The lowest BCUT2D eigenvalue weighted by atomic mass is 10.1. The number of hydrogen-bond donors (Lipinski definition) is 2. The Kier molecular flexibility index (Phi) is 8.47. The second-order valence-corrected chi connectivity index (χ2v) is 7.95. The number of nitrogens with zero attached hydrogens (tertiary/aromatic N) is 4. The third-order valence-electron chi connectivity index (χ3n) is 4.71. The van der Waals surface area contributed by atoms with E-state index in [0.29, 0.717) is 12.2 Å². The van der Waals surface area contributed by atoms with Gasteiger partial charge >= 0.3 is 11.9 Å². The number of thiophene rings is 1. The normalized spacial score (nSPS) is 14.1. The van der Waals surface area contributed by atoms with Crippen LogP contribution in [-0.4, -0.2) is 63.2 Å². The molecule has 0 saturated carbocycles. The topological polar surface area (TPSA) is 107 Å². The first-order valence-electron chi connectivity index (χ1n) is 10.0. The molecule has 0 bridgehead atoms. The van der Waals surface area contributed by atoms with Crippen molar-refractivity contribution >= 4 is 29.2 Å². The highest BCUT2D eigenvalue weighted by molar-refractivity contribution is 7.13. The van der Waals surface area contributed by atoms with E-state index < -0.39 is 11.9 Å². The number of carboxylic acid groups (broad SMARTS) is 2. The molecule has 0 atom stereocenters. The first-order valence-corrected chi connectivity index (χ1v) is 10.9.